The van der Waals surface area contributed by atoms with Gasteiger partial charge in [-0.2, -0.15) is 0 Å². The van der Waals surface area contributed by atoms with Crippen molar-refractivity contribution in [2.24, 2.45) is 10.9 Å². The van der Waals surface area contributed by atoms with Gasteiger partial charge in [-0.25, -0.2) is 0 Å². The van der Waals surface area contributed by atoms with E-state index in [1.54, 1.807) is 0 Å². The molecule has 0 saturated carbocycles. The highest BCUT2D eigenvalue weighted by Crippen LogP contribution is 2.26. The quantitative estimate of drug-likeness (QED) is 0.894. The molecule has 3 nitrogen and oxygen atoms in total. The zero-order chi connectivity index (χ0) is 12.3. The van der Waals surface area contributed by atoms with Gasteiger partial charge in [-0.05, 0) is 30.0 Å². The number of rotatable bonds is 3. The number of nitrogens with zero attached hydrogens (tertiary/aromatic N) is 2. The first-order chi connectivity index (χ1) is 8.16. The van der Waals surface area contributed by atoms with E-state index in [1.165, 1.54) is 11.1 Å². The van der Waals surface area contributed by atoms with Crippen LogP contribution in [-0.2, 0) is 6.54 Å². The van der Waals surface area contributed by atoms with Crippen molar-refractivity contribution in [1.29, 1.82) is 0 Å². The molecule has 0 aliphatic carbocycles. The summed E-state index contributed by atoms with van der Waals surface area (Å²) in [4.78, 5) is 8.68. The topological polar surface area (TPSA) is 37.3 Å². The lowest BCUT2D eigenvalue weighted by Crippen LogP contribution is -2.20. The Morgan fingerprint density at radius 2 is 2.35 bits per heavy atom. The van der Waals surface area contributed by atoms with E-state index in [0.717, 1.165) is 18.3 Å². The number of pyridine rings is 1. The van der Waals surface area contributed by atoms with Gasteiger partial charge in [0.1, 0.15) is 0 Å². The second-order valence-electron chi connectivity index (χ2n) is 4.70. The fraction of sp³-hybridized carbons (Fsp3) is 0.538. The standard InChI is InChI=1S/C13H19N3S/c1-9(2)12-8-16-13(17-12)15-7-11-6-14-5-4-10(11)3/h4-6,9,12H,7-8H2,1-3H3,(H,15,16). The van der Waals surface area contributed by atoms with Crippen molar-refractivity contribution in [1.82, 2.24) is 10.3 Å². The van der Waals surface area contributed by atoms with Crippen molar-refractivity contribution in [3.05, 3.63) is 29.6 Å². The summed E-state index contributed by atoms with van der Waals surface area (Å²) in [7, 11) is 0. The Morgan fingerprint density at radius 1 is 1.53 bits per heavy atom. The van der Waals surface area contributed by atoms with Crippen molar-refractivity contribution in [2.75, 3.05) is 6.54 Å². The van der Waals surface area contributed by atoms with Crippen LogP contribution in [-0.4, -0.2) is 21.9 Å². The van der Waals surface area contributed by atoms with Gasteiger partial charge in [0.25, 0.3) is 0 Å². The number of aromatic nitrogens is 1. The Bertz CT molecular complexity index is 415. The number of nitrogens with one attached hydrogen (secondary N) is 1. The summed E-state index contributed by atoms with van der Waals surface area (Å²) >= 11 is 1.86. The molecule has 0 saturated heterocycles. The summed E-state index contributed by atoms with van der Waals surface area (Å²) in [6.45, 7) is 8.37. The molecule has 0 radical (unpaired) electrons. The molecular weight excluding hydrogens is 230 g/mol. The predicted octanol–water partition coefficient (Wildman–Crippen LogP) is 2.61. The molecule has 0 spiro atoms. The van der Waals surface area contributed by atoms with Crippen LogP contribution in [0.1, 0.15) is 25.0 Å². The minimum atomic E-state index is 0.632. The fourth-order valence-corrected chi connectivity index (χ4v) is 2.70. The highest BCUT2D eigenvalue weighted by molar-refractivity contribution is 8.14. The third-order valence-electron chi connectivity index (χ3n) is 3.00. The Hall–Kier alpha value is -1.03. The van der Waals surface area contributed by atoms with Crippen molar-refractivity contribution in [2.45, 2.75) is 32.6 Å². The highest BCUT2D eigenvalue weighted by Gasteiger charge is 2.22. The van der Waals surface area contributed by atoms with Crippen LogP contribution in [0.4, 0.5) is 0 Å². The molecule has 1 aromatic heterocycles. The van der Waals surface area contributed by atoms with Crippen LogP contribution in [0.5, 0.6) is 0 Å². The Kier molecular flexibility index (Phi) is 4.05. The van der Waals surface area contributed by atoms with Crippen LogP contribution >= 0.6 is 11.8 Å². The van der Waals surface area contributed by atoms with Gasteiger partial charge >= 0.3 is 0 Å². The second kappa shape index (κ2) is 5.54. The number of thioether (sulfide) groups is 1. The average molecular weight is 249 g/mol. The van der Waals surface area contributed by atoms with E-state index in [-0.39, 0.29) is 0 Å². The number of amidine groups is 1. The molecule has 1 N–H and O–H groups in total. The van der Waals surface area contributed by atoms with Crippen LogP contribution in [0.2, 0.25) is 0 Å². The van der Waals surface area contributed by atoms with Crippen molar-refractivity contribution < 1.29 is 0 Å². The maximum Gasteiger partial charge on any atom is 0.157 e. The molecule has 17 heavy (non-hydrogen) atoms. The van der Waals surface area contributed by atoms with Crippen LogP contribution in [0.3, 0.4) is 0 Å². The summed E-state index contributed by atoms with van der Waals surface area (Å²) in [6.07, 6.45) is 3.75. The molecule has 4 heteroatoms. The number of aliphatic imine (C=N–C) groups is 1. The summed E-state index contributed by atoms with van der Waals surface area (Å²) in [5, 5.41) is 5.10. The van der Waals surface area contributed by atoms with Gasteiger partial charge in [0.05, 0.1) is 6.54 Å². The number of aryl methyl sites for hydroxylation is 1. The van der Waals surface area contributed by atoms with E-state index in [1.807, 2.05) is 30.2 Å². The average Bonchev–Trinajstić information content (AvgIpc) is 2.77. The Morgan fingerprint density at radius 3 is 3.00 bits per heavy atom. The third kappa shape index (κ3) is 3.22. The maximum absolute atomic E-state index is 4.53. The second-order valence-corrected chi connectivity index (χ2v) is 5.93. The van der Waals surface area contributed by atoms with E-state index >= 15 is 0 Å². The van der Waals surface area contributed by atoms with Crippen LogP contribution < -0.4 is 5.32 Å². The molecule has 1 atom stereocenters. The molecule has 2 rings (SSSR count). The molecule has 1 aliphatic heterocycles. The van der Waals surface area contributed by atoms with Gasteiger partial charge in [-0.1, -0.05) is 25.6 Å². The summed E-state index contributed by atoms with van der Waals surface area (Å²) in [5.74, 6) is 0.683. The molecule has 2 heterocycles. The molecular formula is C13H19N3S. The first-order valence-electron chi connectivity index (χ1n) is 6.01. The molecule has 0 aromatic carbocycles. The third-order valence-corrected chi connectivity index (χ3v) is 4.49. The molecule has 1 unspecified atom stereocenters. The molecule has 0 amide bonds. The van der Waals surface area contributed by atoms with Crippen molar-refractivity contribution in [3.8, 4) is 0 Å². The van der Waals surface area contributed by atoms with Gasteiger partial charge in [-0.3, -0.25) is 9.98 Å². The summed E-state index contributed by atoms with van der Waals surface area (Å²) in [6, 6.07) is 2.04. The van der Waals surface area contributed by atoms with Crippen LogP contribution in [0.15, 0.2) is 23.5 Å². The van der Waals surface area contributed by atoms with Crippen molar-refractivity contribution in [3.63, 3.8) is 0 Å². The lowest BCUT2D eigenvalue weighted by molar-refractivity contribution is 0.621. The first kappa shape index (κ1) is 12.4. The normalized spacial score (nSPS) is 19.5. The van der Waals surface area contributed by atoms with E-state index in [4.69, 9.17) is 0 Å². The lowest BCUT2D eigenvalue weighted by Gasteiger charge is -2.12. The van der Waals surface area contributed by atoms with E-state index in [0.29, 0.717) is 11.2 Å². The van der Waals surface area contributed by atoms with Crippen molar-refractivity contribution >= 4 is 16.9 Å². The van der Waals surface area contributed by atoms with Gasteiger partial charge in [0.2, 0.25) is 0 Å². The van der Waals surface area contributed by atoms with Crippen LogP contribution in [0.25, 0.3) is 0 Å². The number of hydrogen-bond donors (Lipinski definition) is 1. The van der Waals surface area contributed by atoms with E-state index in [9.17, 15) is 0 Å². The molecule has 0 fully saturated rings. The largest absolute Gasteiger partial charge is 0.361 e. The van der Waals surface area contributed by atoms with Gasteiger partial charge in [0, 0.05) is 24.2 Å². The fourth-order valence-electron chi connectivity index (χ4n) is 1.69. The Balaban J connectivity index is 1.86. The van der Waals surface area contributed by atoms with Crippen LogP contribution in [0, 0.1) is 12.8 Å². The Labute approximate surface area is 107 Å². The lowest BCUT2D eigenvalue weighted by atomic mass is 10.1. The predicted molar refractivity (Wildman–Crippen MR) is 74.3 cm³/mol. The zero-order valence-electron chi connectivity index (χ0n) is 10.6. The van der Waals surface area contributed by atoms with E-state index in [2.05, 4.69) is 36.1 Å². The molecule has 0 bridgehead atoms. The first-order valence-corrected chi connectivity index (χ1v) is 6.89. The minimum absolute atomic E-state index is 0.632. The monoisotopic (exact) mass is 249 g/mol. The SMILES string of the molecule is Cc1ccncc1CNC1=NCC(C(C)C)S1. The highest BCUT2D eigenvalue weighted by atomic mass is 32.2. The maximum atomic E-state index is 4.53. The number of hydrogen-bond acceptors (Lipinski definition) is 4. The summed E-state index contributed by atoms with van der Waals surface area (Å²) < 4.78 is 0. The van der Waals surface area contributed by atoms with Gasteiger partial charge < -0.3 is 5.32 Å². The summed E-state index contributed by atoms with van der Waals surface area (Å²) in [5.41, 5.74) is 2.51. The molecule has 1 aromatic rings. The zero-order valence-corrected chi connectivity index (χ0v) is 11.4. The van der Waals surface area contributed by atoms with E-state index < -0.39 is 0 Å². The van der Waals surface area contributed by atoms with Gasteiger partial charge in [-0.15, -0.1) is 0 Å². The molecule has 92 valence electrons. The molecule has 1 aliphatic rings. The van der Waals surface area contributed by atoms with Gasteiger partial charge in [0.15, 0.2) is 5.17 Å². The smallest absolute Gasteiger partial charge is 0.157 e. The minimum Gasteiger partial charge on any atom is -0.361 e.